The van der Waals surface area contributed by atoms with Crippen molar-refractivity contribution in [3.8, 4) is 0 Å². The molecule has 0 radical (unpaired) electrons. The molecule has 0 aliphatic carbocycles. The third-order valence-electron chi connectivity index (χ3n) is 7.46. The Hall–Kier alpha value is -6.05. The van der Waals surface area contributed by atoms with Crippen molar-refractivity contribution >= 4 is 46.7 Å². The van der Waals surface area contributed by atoms with Gasteiger partial charge in [0.05, 0.1) is 53.7 Å². The highest BCUT2D eigenvalue weighted by atomic mass is 19.4. The number of amides is 2. The van der Waals surface area contributed by atoms with Gasteiger partial charge < -0.3 is 35.5 Å². The predicted molar refractivity (Wildman–Crippen MR) is 189 cm³/mol. The van der Waals surface area contributed by atoms with Gasteiger partial charge in [0.2, 0.25) is 5.91 Å². The number of hydrogen-bond acceptors (Lipinski definition) is 9. The second-order valence-electron chi connectivity index (χ2n) is 12.5. The van der Waals surface area contributed by atoms with Gasteiger partial charge in [0.15, 0.2) is 0 Å². The van der Waals surface area contributed by atoms with E-state index in [0.29, 0.717) is 5.56 Å². The molecule has 4 aromatic rings. The number of ether oxygens (including phenoxy) is 3. The van der Waals surface area contributed by atoms with E-state index in [9.17, 15) is 32.3 Å². The Morgan fingerprint density at radius 1 is 0.673 bits per heavy atom. The number of para-hydroxylation sites is 1. The van der Waals surface area contributed by atoms with Crippen molar-refractivity contribution in [2.24, 2.45) is 0 Å². The molecule has 4 rings (SSSR count). The Morgan fingerprint density at radius 3 is 1.92 bits per heavy atom. The first kappa shape index (κ1) is 38.7. The second kappa shape index (κ2) is 16.8. The minimum absolute atomic E-state index is 0.0414. The number of carbonyl (C=O) groups is 4. The molecule has 1 atom stereocenters. The summed E-state index contributed by atoms with van der Waals surface area (Å²) in [6.07, 6.45) is -5.30. The first-order valence-electron chi connectivity index (χ1n) is 16.0. The van der Waals surface area contributed by atoms with Crippen LogP contribution in [0.4, 0.5) is 40.7 Å². The third kappa shape index (κ3) is 10.7. The van der Waals surface area contributed by atoms with Gasteiger partial charge in [-0.05, 0) is 74.4 Å². The Balaban J connectivity index is 1.62. The third-order valence-corrected chi connectivity index (χ3v) is 7.46. The molecule has 0 saturated carbocycles. The molecule has 11 nitrogen and oxygen atoms in total. The van der Waals surface area contributed by atoms with E-state index in [4.69, 9.17) is 14.2 Å². The molecule has 0 spiro atoms. The second-order valence-corrected chi connectivity index (χ2v) is 12.5. The van der Waals surface area contributed by atoms with Gasteiger partial charge in [-0.2, -0.15) is 13.2 Å². The molecule has 0 unspecified atom stereocenters. The van der Waals surface area contributed by atoms with Crippen molar-refractivity contribution in [1.29, 1.82) is 0 Å². The molecule has 0 aliphatic heterocycles. The summed E-state index contributed by atoms with van der Waals surface area (Å²) in [6.45, 7) is 5.02. The maximum absolute atomic E-state index is 13.8. The fraction of sp³-hybridized carbons (Fsp3) is 0.263. The minimum atomic E-state index is -4.69. The van der Waals surface area contributed by atoms with Crippen molar-refractivity contribution in [2.75, 3.05) is 24.9 Å². The highest BCUT2D eigenvalue weighted by Gasteiger charge is 2.31. The van der Waals surface area contributed by atoms with Crippen LogP contribution in [0.1, 0.15) is 58.2 Å². The summed E-state index contributed by atoms with van der Waals surface area (Å²) >= 11 is 0. The van der Waals surface area contributed by atoms with Crippen molar-refractivity contribution in [1.82, 2.24) is 10.6 Å². The van der Waals surface area contributed by atoms with Crippen LogP contribution in [0.15, 0.2) is 91.0 Å². The number of esters is 2. The number of alkyl halides is 3. The van der Waals surface area contributed by atoms with Gasteiger partial charge in [-0.15, -0.1) is 0 Å². The standard InChI is InChI=1S/C38H39F3N4O7/c1-37(2,3)52-36(49)45-32(20-23-11-7-6-8-12-23)33(46)42-22-24-15-17-29(27(19-24)35(48)51-5)44-31-21-25(38(39,40)41)16-18-30(31)43-28-14-10-9-13-26(28)34(47)50-4/h6-19,21,32,43-44H,20,22H2,1-5H3,(H,42,46)(H,45,49)/t32-/m0/s1. The SMILES string of the molecule is COC(=O)c1ccccc1Nc1ccc(C(F)(F)F)cc1Nc1ccc(CNC(=O)[C@H](Cc2ccccc2)NC(=O)OC(C)(C)C)cc1C(=O)OC. The van der Waals surface area contributed by atoms with Crippen LogP contribution in [0.25, 0.3) is 0 Å². The van der Waals surface area contributed by atoms with Crippen LogP contribution in [0, 0.1) is 0 Å². The van der Waals surface area contributed by atoms with E-state index in [1.807, 2.05) is 18.2 Å². The minimum Gasteiger partial charge on any atom is -0.465 e. The monoisotopic (exact) mass is 720 g/mol. The Morgan fingerprint density at radius 2 is 1.27 bits per heavy atom. The van der Waals surface area contributed by atoms with Gasteiger partial charge in [-0.1, -0.05) is 48.5 Å². The molecule has 0 saturated heterocycles. The Kier molecular flexibility index (Phi) is 12.5. The van der Waals surface area contributed by atoms with Crippen LogP contribution >= 0.6 is 0 Å². The predicted octanol–water partition coefficient (Wildman–Crippen LogP) is 7.52. The van der Waals surface area contributed by atoms with Gasteiger partial charge in [0, 0.05) is 13.0 Å². The van der Waals surface area contributed by atoms with Crippen LogP contribution < -0.4 is 21.3 Å². The summed E-state index contributed by atoms with van der Waals surface area (Å²) in [7, 11) is 2.36. The van der Waals surface area contributed by atoms with E-state index in [-0.39, 0.29) is 46.8 Å². The molecule has 2 amide bonds. The average Bonchev–Trinajstić information content (AvgIpc) is 3.10. The van der Waals surface area contributed by atoms with Gasteiger partial charge in [0.25, 0.3) is 0 Å². The number of benzene rings is 4. The van der Waals surface area contributed by atoms with Gasteiger partial charge >= 0.3 is 24.2 Å². The van der Waals surface area contributed by atoms with E-state index < -0.39 is 47.3 Å². The number of rotatable bonds is 12. The normalized spacial score (nSPS) is 11.8. The van der Waals surface area contributed by atoms with E-state index in [1.54, 1.807) is 57.2 Å². The zero-order chi connectivity index (χ0) is 38.1. The Bertz CT molecular complexity index is 1910. The fourth-order valence-corrected chi connectivity index (χ4v) is 5.01. The molecule has 0 bridgehead atoms. The lowest BCUT2D eigenvalue weighted by Crippen LogP contribution is -2.49. The lowest BCUT2D eigenvalue weighted by Gasteiger charge is -2.23. The van der Waals surface area contributed by atoms with Crippen molar-refractivity contribution < 1.29 is 46.6 Å². The van der Waals surface area contributed by atoms with Gasteiger partial charge in [0.1, 0.15) is 11.6 Å². The van der Waals surface area contributed by atoms with Crippen LogP contribution in [-0.2, 0) is 38.1 Å². The van der Waals surface area contributed by atoms with Crippen LogP contribution in [0.3, 0.4) is 0 Å². The Labute approximate surface area is 298 Å². The quantitative estimate of drug-likeness (QED) is 0.0863. The first-order chi connectivity index (χ1) is 24.6. The van der Waals surface area contributed by atoms with Crippen LogP contribution in [0.2, 0.25) is 0 Å². The first-order valence-corrected chi connectivity index (χ1v) is 16.0. The lowest BCUT2D eigenvalue weighted by molar-refractivity contribution is -0.137. The smallest absolute Gasteiger partial charge is 0.416 e. The van der Waals surface area contributed by atoms with Crippen LogP contribution in [-0.4, -0.2) is 49.8 Å². The molecular formula is C38H39F3N4O7. The highest BCUT2D eigenvalue weighted by molar-refractivity contribution is 5.99. The summed E-state index contributed by atoms with van der Waals surface area (Å²) in [5.74, 6) is -1.99. The molecular weight excluding hydrogens is 681 g/mol. The maximum Gasteiger partial charge on any atom is 0.416 e. The summed E-state index contributed by atoms with van der Waals surface area (Å²) in [4.78, 5) is 51.3. The highest BCUT2D eigenvalue weighted by Crippen LogP contribution is 2.37. The zero-order valence-electron chi connectivity index (χ0n) is 29.1. The van der Waals surface area contributed by atoms with E-state index in [0.717, 1.165) is 24.8 Å². The number of anilines is 4. The molecule has 14 heteroatoms. The van der Waals surface area contributed by atoms with E-state index in [2.05, 4.69) is 21.3 Å². The molecule has 274 valence electrons. The van der Waals surface area contributed by atoms with Crippen LogP contribution in [0.5, 0.6) is 0 Å². The number of hydrogen-bond donors (Lipinski definition) is 4. The van der Waals surface area contributed by atoms with E-state index in [1.165, 1.54) is 31.4 Å². The summed E-state index contributed by atoms with van der Waals surface area (Å²) in [6, 6.07) is 21.7. The lowest BCUT2D eigenvalue weighted by atomic mass is 10.0. The fourth-order valence-electron chi connectivity index (χ4n) is 5.01. The van der Waals surface area contributed by atoms with Crippen molar-refractivity contribution in [3.63, 3.8) is 0 Å². The number of alkyl carbamates (subject to hydrolysis) is 1. The summed E-state index contributed by atoms with van der Waals surface area (Å²) in [5, 5.41) is 11.3. The molecule has 4 N–H and O–H groups in total. The number of carbonyl (C=O) groups excluding carboxylic acids is 4. The van der Waals surface area contributed by atoms with Gasteiger partial charge in [-0.25, -0.2) is 14.4 Å². The number of nitrogens with one attached hydrogen (secondary N) is 4. The summed E-state index contributed by atoms with van der Waals surface area (Å²) in [5.41, 5.74) is 0.0224. The topological polar surface area (TPSA) is 144 Å². The molecule has 4 aromatic carbocycles. The molecule has 0 aliphatic rings. The molecule has 0 heterocycles. The maximum atomic E-state index is 13.8. The average molecular weight is 721 g/mol. The van der Waals surface area contributed by atoms with Crippen molar-refractivity contribution in [2.45, 2.75) is 51.6 Å². The van der Waals surface area contributed by atoms with Crippen molar-refractivity contribution in [3.05, 3.63) is 119 Å². The number of halogens is 3. The summed E-state index contributed by atoms with van der Waals surface area (Å²) < 4.78 is 56.6. The molecule has 0 aromatic heterocycles. The largest absolute Gasteiger partial charge is 0.465 e. The molecule has 0 fully saturated rings. The van der Waals surface area contributed by atoms with Gasteiger partial charge in [-0.3, -0.25) is 4.79 Å². The zero-order valence-corrected chi connectivity index (χ0v) is 29.1. The van der Waals surface area contributed by atoms with E-state index >= 15 is 0 Å². The molecule has 52 heavy (non-hydrogen) atoms. The number of methoxy groups -OCH3 is 2.